The maximum absolute atomic E-state index is 12.8. The zero-order valence-electron chi connectivity index (χ0n) is 32.0. The van der Waals surface area contributed by atoms with Gasteiger partial charge in [-0.15, -0.1) is 0 Å². The first-order valence-corrected chi connectivity index (χ1v) is 17.7. The molecule has 56 heavy (non-hydrogen) atoms. The van der Waals surface area contributed by atoms with Gasteiger partial charge in [0.2, 0.25) is 0 Å². The van der Waals surface area contributed by atoms with E-state index in [1.54, 1.807) is 39.8 Å². The van der Waals surface area contributed by atoms with E-state index in [0.717, 1.165) is 12.4 Å². The monoisotopic (exact) mass is 762 g/mol. The fourth-order valence-electron chi connectivity index (χ4n) is 7.30. The van der Waals surface area contributed by atoms with Gasteiger partial charge in [0.1, 0.15) is 23.0 Å². The highest BCUT2D eigenvalue weighted by Crippen LogP contribution is 2.54. The maximum Gasteiger partial charge on any atom is 0.274 e. The molecule has 0 spiro atoms. The molecule has 290 valence electrons. The molecule has 0 radical (unpaired) electrons. The minimum Gasteiger partial charge on any atom is -0.507 e. The van der Waals surface area contributed by atoms with Crippen LogP contribution in [0.1, 0.15) is 105 Å². The van der Waals surface area contributed by atoms with E-state index in [-0.39, 0.29) is 56.0 Å². The van der Waals surface area contributed by atoms with Crippen LogP contribution in [0.25, 0.3) is 32.7 Å². The van der Waals surface area contributed by atoms with Gasteiger partial charge in [0.25, 0.3) is 11.8 Å². The Morgan fingerprint density at radius 1 is 0.589 bits per heavy atom. The average Bonchev–Trinajstić information content (AvgIpc) is 3.76. The normalized spacial score (nSPS) is 12.0. The molecule has 0 aliphatic heterocycles. The summed E-state index contributed by atoms with van der Waals surface area (Å²) < 4.78 is 10.4. The first-order chi connectivity index (χ1) is 26.5. The second kappa shape index (κ2) is 14.7. The van der Waals surface area contributed by atoms with Gasteiger partial charge in [-0.3, -0.25) is 9.59 Å². The molecule has 4 aromatic carbocycles. The fraction of sp³-hybridized carbons (Fsp3) is 0.238. The number of hydrazone groups is 2. The summed E-state index contributed by atoms with van der Waals surface area (Å²) in [5.74, 6) is -3.97. The third kappa shape index (κ3) is 6.38. The van der Waals surface area contributed by atoms with Crippen LogP contribution in [-0.2, 0) is 0 Å². The number of hydrogen-bond acceptors (Lipinski definition) is 12. The average molecular weight is 763 g/mol. The molecule has 0 aliphatic carbocycles. The molecule has 0 saturated carbocycles. The van der Waals surface area contributed by atoms with Gasteiger partial charge in [-0.05, 0) is 73.6 Å². The van der Waals surface area contributed by atoms with E-state index in [1.165, 1.54) is 24.7 Å². The van der Waals surface area contributed by atoms with Crippen LogP contribution >= 0.6 is 0 Å². The number of nitrogens with one attached hydrogen (secondary N) is 2. The number of aromatic hydroxyl groups is 6. The zero-order valence-corrected chi connectivity index (χ0v) is 32.0. The Morgan fingerprint density at radius 2 is 0.946 bits per heavy atom. The molecule has 14 nitrogen and oxygen atoms in total. The van der Waals surface area contributed by atoms with Gasteiger partial charge in [0, 0.05) is 33.0 Å². The van der Waals surface area contributed by atoms with Crippen LogP contribution in [0.3, 0.4) is 0 Å². The second-order valence-electron chi connectivity index (χ2n) is 14.2. The molecule has 0 aliphatic rings. The van der Waals surface area contributed by atoms with E-state index in [2.05, 4.69) is 21.1 Å². The van der Waals surface area contributed by atoms with Crippen LogP contribution < -0.4 is 10.9 Å². The molecule has 6 rings (SSSR count). The Hall–Kier alpha value is -6.96. The number of hydrogen-bond donors (Lipinski definition) is 8. The molecule has 0 saturated heterocycles. The minimum atomic E-state index is -0.601. The van der Waals surface area contributed by atoms with Crippen LogP contribution in [0.4, 0.5) is 0 Å². The summed E-state index contributed by atoms with van der Waals surface area (Å²) in [6, 6.07) is 6.35. The standard InChI is InChI=1S/C42H42N4O10/c1-17(2)29-25-13-19(5)31(37(49)33(25)27(35(47)39(29)51)15-43-45-41(53)23-9-11-55-21(23)7)32-20(6)14-26-30(18(3)4)40(52)36(48)28(34(26)38(32)50)16-44-46-42(54)24-10-12-56-22(24)8/h9-18,47-52H,1-8H3,(H,45,53)(H,46,54)/b43-15+,44-16+. The van der Waals surface area contributed by atoms with E-state index < -0.39 is 46.3 Å². The van der Waals surface area contributed by atoms with Crippen molar-refractivity contribution in [1.82, 2.24) is 10.9 Å². The van der Waals surface area contributed by atoms with Crippen molar-refractivity contribution in [3.63, 3.8) is 0 Å². The largest absolute Gasteiger partial charge is 0.507 e. The Bertz CT molecular complexity index is 2470. The van der Waals surface area contributed by atoms with Crippen molar-refractivity contribution in [3.05, 3.63) is 92.8 Å². The summed E-state index contributed by atoms with van der Waals surface area (Å²) in [6.45, 7) is 13.9. The Morgan fingerprint density at radius 3 is 1.25 bits per heavy atom. The molecule has 0 unspecified atom stereocenters. The summed E-state index contributed by atoms with van der Waals surface area (Å²) in [7, 11) is 0. The molecular formula is C42H42N4O10. The Balaban J connectivity index is 1.61. The number of phenolic OH excluding ortho intramolecular Hbond substituents is 6. The highest BCUT2D eigenvalue weighted by molar-refractivity contribution is 6.15. The zero-order chi connectivity index (χ0) is 40.9. The molecule has 8 N–H and O–H groups in total. The summed E-state index contributed by atoms with van der Waals surface area (Å²) in [5.41, 5.74) is 6.87. The summed E-state index contributed by atoms with van der Waals surface area (Å²) in [4.78, 5) is 25.5. The lowest BCUT2D eigenvalue weighted by Gasteiger charge is -2.23. The first kappa shape index (κ1) is 38.8. The molecule has 2 amide bonds. The molecule has 2 aromatic heterocycles. The number of fused-ring (bicyclic) bond motifs is 2. The van der Waals surface area contributed by atoms with E-state index >= 15 is 0 Å². The molecule has 0 atom stereocenters. The fourth-order valence-corrected chi connectivity index (χ4v) is 7.30. The molecule has 0 bridgehead atoms. The minimum absolute atomic E-state index is 0.0662. The second-order valence-corrected chi connectivity index (χ2v) is 14.2. The molecule has 6 aromatic rings. The number of carbonyl (C=O) groups excluding carboxylic acids is 2. The highest BCUT2D eigenvalue weighted by atomic mass is 16.3. The molecule has 0 fully saturated rings. The predicted octanol–water partition coefficient (Wildman–Crippen LogP) is 8.09. The smallest absolute Gasteiger partial charge is 0.274 e. The number of furan rings is 2. The third-order valence-electron chi connectivity index (χ3n) is 9.92. The molecule has 14 heteroatoms. The lowest BCUT2D eigenvalue weighted by atomic mass is 9.83. The third-order valence-corrected chi connectivity index (χ3v) is 9.92. The van der Waals surface area contributed by atoms with Gasteiger partial charge in [-0.25, -0.2) is 10.9 Å². The van der Waals surface area contributed by atoms with Gasteiger partial charge < -0.3 is 39.5 Å². The van der Waals surface area contributed by atoms with Crippen molar-refractivity contribution in [2.45, 2.75) is 67.2 Å². The number of rotatable bonds is 9. The van der Waals surface area contributed by atoms with Crippen LogP contribution in [0.2, 0.25) is 0 Å². The lowest BCUT2D eigenvalue weighted by Crippen LogP contribution is -2.17. The number of benzene rings is 4. The van der Waals surface area contributed by atoms with E-state index in [1.807, 2.05) is 27.7 Å². The summed E-state index contributed by atoms with van der Waals surface area (Å²) in [5, 5.41) is 78.7. The summed E-state index contributed by atoms with van der Waals surface area (Å²) >= 11 is 0. The Kier molecular flexibility index (Phi) is 10.2. The Labute approximate surface area is 321 Å². The van der Waals surface area contributed by atoms with Crippen LogP contribution in [-0.4, -0.2) is 54.9 Å². The lowest BCUT2D eigenvalue weighted by molar-refractivity contribution is 0.0945. The van der Waals surface area contributed by atoms with E-state index in [9.17, 15) is 40.2 Å². The highest BCUT2D eigenvalue weighted by Gasteiger charge is 2.30. The van der Waals surface area contributed by atoms with Gasteiger partial charge in [-0.1, -0.05) is 39.8 Å². The maximum atomic E-state index is 12.8. The van der Waals surface area contributed by atoms with Gasteiger partial charge in [0.15, 0.2) is 23.0 Å². The van der Waals surface area contributed by atoms with Crippen molar-refractivity contribution in [3.8, 4) is 45.6 Å². The number of phenols is 6. The van der Waals surface area contributed by atoms with Crippen molar-refractivity contribution in [1.29, 1.82) is 0 Å². The topological polar surface area (TPSA) is 231 Å². The van der Waals surface area contributed by atoms with Crippen LogP contribution in [0, 0.1) is 27.7 Å². The van der Waals surface area contributed by atoms with Gasteiger partial charge in [0.05, 0.1) is 47.2 Å². The van der Waals surface area contributed by atoms with Crippen molar-refractivity contribution >= 4 is 45.8 Å². The van der Waals surface area contributed by atoms with Gasteiger partial charge >= 0.3 is 0 Å². The van der Waals surface area contributed by atoms with Crippen LogP contribution in [0.5, 0.6) is 34.5 Å². The van der Waals surface area contributed by atoms with Crippen LogP contribution in [0.15, 0.2) is 55.8 Å². The van der Waals surface area contributed by atoms with Crippen molar-refractivity contribution in [2.24, 2.45) is 10.2 Å². The van der Waals surface area contributed by atoms with Crippen molar-refractivity contribution < 1.29 is 49.1 Å². The van der Waals surface area contributed by atoms with E-state index in [4.69, 9.17) is 8.83 Å². The van der Waals surface area contributed by atoms with Crippen molar-refractivity contribution in [2.75, 3.05) is 0 Å². The molecule has 2 heterocycles. The quantitative estimate of drug-likeness (QED) is 0.0401. The number of aryl methyl sites for hydroxylation is 4. The van der Waals surface area contributed by atoms with Gasteiger partial charge in [-0.2, -0.15) is 10.2 Å². The first-order valence-electron chi connectivity index (χ1n) is 17.7. The SMILES string of the molecule is Cc1cc2c(C(C)C)c(O)c(O)c(/C=N/NC(=O)c3ccoc3C)c2c(O)c1-c1c(C)cc2c(C(C)C)c(O)c(O)c(/C=N/NC(=O)c3ccoc3C)c2c1O. The number of amides is 2. The predicted molar refractivity (Wildman–Crippen MR) is 212 cm³/mol. The molecular weight excluding hydrogens is 720 g/mol. The number of carbonyl (C=O) groups is 2. The number of nitrogens with zero attached hydrogens (tertiary/aromatic N) is 2. The summed E-state index contributed by atoms with van der Waals surface area (Å²) in [6.07, 6.45) is 4.91. The van der Waals surface area contributed by atoms with E-state index in [0.29, 0.717) is 44.5 Å².